The molecule has 0 aliphatic heterocycles. The minimum Gasteiger partial charge on any atom is -0.478 e. The molecule has 5 nitrogen and oxygen atoms in total. The topological polar surface area (TPSA) is 75.6 Å². The second-order valence-corrected chi connectivity index (χ2v) is 6.07. The number of carboxylic acid groups (broad SMARTS) is 1. The molecule has 0 aliphatic rings. The molecule has 0 unspecified atom stereocenters. The van der Waals surface area contributed by atoms with Gasteiger partial charge >= 0.3 is 12.1 Å². The average Bonchev–Trinajstić information content (AvgIpc) is 2.33. The van der Waals surface area contributed by atoms with Crippen LogP contribution in [-0.2, 0) is 4.74 Å². The molecular formula is C15H16BrNO4. The van der Waals surface area contributed by atoms with E-state index >= 15 is 0 Å². The highest BCUT2D eigenvalue weighted by atomic mass is 79.9. The SMILES string of the molecule is CC(C)(C)OC(=O)NCC#Cc1ccc(Br)cc1C(=O)O. The summed E-state index contributed by atoms with van der Waals surface area (Å²) in [7, 11) is 0. The van der Waals surface area contributed by atoms with Crippen molar-refractivity contribution in [2.24, 2.45) is 0 Å². The number of carbonyl (C=O) groups is 2. The Labute approximate surface area is 131 Å². The van der Waals surface area contributed by atoms with Crippen LogP contribution in [0.4, 0.5) is 4.79 Å². The molecule has 2 N–H and O–H groups in total. The second kappa shape index (κ2) is 7.14. The molecule has 1 aromatic carbocycles. The van der Waals surface area contributed by atoms with Gasteiger partial charge in [-0.05, 0) is 39.0 Å². The van der Waals surface area contributed by atoms with Crippen molar-refractivity contribution in [3.05, 3.63) is 33.8 Å². The van der Waals surface area contributed by atoms with Crippen LogP contribution in [0.1, 0.15) is 36.7 Å². The minimum absolute atomic E-state index is 0.0734. The van der Waals surface area contributed by atoms with Gasteiger partial charge in [0.25, 0.3) is 0 Å². The Kier molecular flexibility index (Phi) is 5.79. The van der Waals surface area contributed by atoms with Gasteiger partial charge in [0.15, 0.2) is 0 Å². The van der Waals surface area contributed by atoms with Gasteiger partial charge in [0.05, 0.1) is 12.1 Å². The fraction of sp³-hybridized carbons (Fsp3) is 0.333. The summed E-state index contributed by atoms with van der Waals surface area (Å²) in [5.74, 6) is 4.36. The first-order valence-corrected chi connectivity index (χ1v) is 6.97. The van der Waals surface area contributed by atoms with E-state index in [1.807, 2.05) is 0 Å². The van der Waals surface area contributed by atoms with Crippen molar-refractivity contribution in [2.45, 2.75) is 26.4 Å². The van der Waals surface area contributed by atoms with E-state index in [1.54, 1.807) is 32.9 Å². The van der Waals surface area contributed by atoms with E-state index in [1.165, 1.54) is 6.07 Å². The Hall–Kier alpha value is -2.00. The first kappa shape index (κ1) is 17.1. The third-order valence-corrected chi connectivity index (χ3v) is 2.65. The molecule has 21 heavy (non-hydrogen) atoms. The van der Waals surface area contributed by atoms with Gasteiger partial charge in [0.1, 0.15) is 5.60 Å². The maximum absolute atomic E-state index is 11.4. The van der Waals surface area contributed by atoms with Crippen molar-refractivity contribution in [1.29, 1.82) is 0 Å². The lowest BCUT2D eigenvalue weighted by atomic mass is 10.1. The fourth-order valence-corrected chi connectivity index (χ4v) is 1.73. The van der Waals surface area contributed by atoms with Crippen molar-refractivity contribution < 1.29 is 19.4 Å². The number of carbonyl (C=O) groups excluding carboxylic acids is 1. The van der Waals surface area contributed by atoms with Gasteiger partial charge in [-0.25, -0.2) is 9.59 Å². The molecule has 0 heterocycles. The molecule has 0 bridgehead atoms. The van der Waals surface area contributed by atoms with Crippen molar-refractivity contribution in [1.82, 2.24) is 5.32 Å². The number of hydrogen-bond acceptors (Lipinski definition) is 3. The van der Waals surface area contributed by atoms with Gasteiger partial charge < -0.3 is 15.2 Å². The van der Waals surface area contributed by atoms with Crippen LogP contribution in [0.15, 0.2) is 22.7 Å². The van der Waals surface area contributed by atoms with Crippen LogP contribution in [0, 0.1) is 11.8 Å². The van der Waals surface area contributed by atoms with E-state index in [0.29, 0.717) is 10.0 Å². The van der Waals surface area contributed by atoms with Crippen LogP contribution in [-0.4, -0.2) is 29.3 Å². The number of hydrogen-bond donors (Lipinski definition) is 2. The van der Waals surface area contributed by atoms with Gasteiger partial charge in [-0.15, -0.1) is 0 Å². The number of alkyl carbamates (subject to hydrolysis) is 1. The highest BCUT2D eigenvalue weighted by molar-refractivity contribution is 9.10. The Morgan fingerprint density at radius 3 is 2.62 bits per heavy atom. The van der Waals surface area contributed by atoms with Crippen molar-refractivity contribution in [3.63, 3.8) is 0 Å². The maximum atomic E-state index is 11.4. The Balaban J connectivity index is 2.68. The van der Waals surface area contributed by atoms with Crippen LogP contribution in [0.2, 0.25) is 0 Å². The number of rotatable bonds is 2. The predicted molar refractivity (Wildman–Crippen MR) is 82.2 cm³/mol. The zero-order chi connectivity index (χ0) is 16.0. The number of aromatic carboxylic acids is 1. The summed E-state index contributed by atoms with van der Waals surface area (Å²) in [5, 5.41) is 11.6. The first-order chi connectivity index (χ1) is 9.69. The van der Waals surface area contributed by atoms with Crippen LogP contribution in [0.25, 0.3) is 0 Å². The Morgan fingerprint density at radius 2 is 2.05 bits per heavy atom. The lowest BCUT2D eigenvalue weighted by molar-refractivity contribution is 0.0534. The van der Waals surface area contributed by atoms with E-state index in [0.717, 1.165) is 0 Å². The van der Waals surface area contributed by atoms with Gasteiger partial charge in [-0.1, -0.05) is 27.8 Å². The first-order valence-electron chi connectivity index (χ1n) is 6.17. The molecule has 1 rings (SSSR count). The molecule has 6 heteroatoms. The quantitative estimate of drug-likeness (QED) is 0.801. The summed E-state index contributed by atoms with van der Waals surface area (Å²) in [4.78, 5) is 22.5. The average molecular weight is 354 g/mol. The van der Waals surface area contributed by atoms with Crippen molar-refractivity contribution >= 4 is 28.0 Å². The summed E-state index contributed by atoms with van der Waals surface area (Å²) in [6.07, 6.45) is -0.564. The van der Waals surface area contributed by atoms with Crippen LogP contribution < -0.4 is 5.32 Å². The lowest BCUT2D eigenvalue weighted by Gasteiger charge is -2.19. The van der Waals surface area contributed by atoms with Crippen LogP contribution in [0.5, 0.6) is 0 Å². The van der Waals surface area contributed by atoms with E-state index in [2.05, 4.69) is 33.1 Å². The molecule has 0 fully saturated rings. The molecule has 0 saturated carbocycles. The van der Waals surface area contributed by atoms with Gasteiger partial charge in [0, 0.05) is 10.0 Å². The number of benzene rings is 1. The van der Waals surface area contributed by atoms with Crippen LogP contribution >= 0.6 is 15.9 Å². The monoisotopic (exact) mass is 353 g/mol. The molecular weight excluding hydrogens is 338 g/mol. The fourth-order valence-electron chi connectivity index (χ4n) is 1.37. The molecule has 0 saturated heterocycles. The summed E-state index contributed by atoms with van der Waals surface area (Å²) in [6.45, 7) is 5.36. The highest BCUT2D eigenvalue weighted by Gasteiger charge is 2.15. The molecule has 0 aliphatic carbocycles. The minimum atomic E-state index is -1.05. The van der Waals surface area contributed by atoms with Crippen molar-refractivity contribution in [3.8, 4) is 11.8 Å². The number of carboxylic acids is 1. The molecule has 0 spiro atoms. The molecule has 112 valence electrons. The standard InChI is InChI=1S/C15H16BrNO4/c1-15(2,3)21-14(20)17-8-4-5-10-6-7-11(16)9-12(10)13(18)19/h6-7,9H,8H2,1-3H3,(H,17,20)(H,18,19). The number of halogens is 1. The van der Waals surface area contributed by atoms with E-state index in [4.69, 9.17) is 9.84 Å². The Bertz CT molecular complexity index is 608. The number of amides is 1. The molecule has 1 aromatic rings. The lowest BCUT2D eigenvalue weighted by Crippen LogP contribution is -2.32. The zero-order valence-electron chi connectivity index (χ0n) is 12.0. The Morgan fingerprint density at radius 1 is 1.38 bits per heavy atom. The molecule has 0 aromatic heterocycles. The number of ether oxygens (including phenoxy) is 1. The van der Waals surface area contributed by atoms with E-state index in [-0.39, 0.29) is 12.1 Å². The predicted octanol–water partition coefficient (Wildman–Crippen LogP) is 3.02. The van der Waals surface area contributed by atoms with Gasteiger partial charge in [-0.3, -0.25) is 0 Å². The molecule has 0 radical (unpaired) electrons. The van der Waals surface area contributed by atoms with E-state index < -0.39 is 17.7 Å². The maximum Gasteiger partial charge on any atom is 0.408 e. The highest BCUT2D eigenvalue weighted by Crippen LogP contribution is 2.16. The number of nitrogens with one attached hydrogen (secondary N) is 1. The molecule has 1 amide bonds. The molecule has 0 atom stereocenters. The van der Waals surface area contributed by atoms with E-state index in [9.17, 15) is 9.59 Å². The second-order valence-electron chi connectivity index (χ2n) is 5.15. The third kappa shape index (κ3) is 6.32. The summed E-state index contributed by atoms with van der Waals surface area (Å²) in [6, 6.07) is 4.79. The summed E-state index contributed by atoms with van der Waals surface area (Å²) >= 11 is 3.21. The summed E-state index contributed by atoms with van der Waals surface area (Å²) < 4.78 is 5.71. The van der Waals surface area contributed by atoms with Crippen molar-refractivity contribution in [2.75, 3.05) is 6.54 Å². The third-order valence-electron chi connectivity index (χ3n) is 2.16. The smallest absolute Gasteiger partial charge is 0.408 e. The van der Waals surface area contributed by atoms with Crippen LogP contribution in [0.3, 0.4) is 0 Å². The summed E-state index contributed by atoms with van der Waals surface area (Å²) in [5.41, 5.74) is -0.0782. The van der Waals surface area contributed by atoms with Gasteiger partial charge in [-0.2, -0.15) is 0 Å². The zero-order valence-corrected chi connectivity index (χ0v) is 13.6. The largest absolute Gasteiger partial charge is 0.478 e. The van der Waals surface area contributed by atoms with Gasteiger partial charge in [0.2, 0.25) is 0 Å². The normalized spacial score (nSPS) is 10.3.